The SMILES string of the molecule is CCOCCN(C)c1nc(C(=O)OC)c(C)s1. The molecule has 1 aromatic rings. The van der Waals surface area contributed by atoms with Crippen LogP contribution in [-0.2, 0) is 9.47 Å². The number of likely N-dealkylation sites (N-methyl/N-ethyl adjacent to an activating group) is 1. The molecule has 0 aromatic carbocycles. The van der Waals surface area contributed by atoms with Crippen LogP contribution in [0.4, 0.5) is 5.13 Å². The second-order valence-electron chi connectivity index (χ2n) is 3.51. The van der Waals surface area contributed by atoms with E-state index in [0.717, 1.165) is 16.6 Å². The zero-order valence-corrected chi connectivity index (χ0v) is 11.5. The Balaban J connectivity index is 2.68. The van der Waals surface area contributed by atoms with Crippen LogP contribution in [-0.4, -0.2) is 44.9 Å². The Morgan fingerprint density at radius 1 is 1.53 bits per heavy atom. The smallest absolute Gasteiger partial charge is 0.357 e. The molecule has 0 N–H and O–H groups in total. The third kappa shape index (κ3) is 3.67. The third-order valence-corrected chi connectivity index (χ3v) is 3.35. The van der Waals surface area contributed by atoms with E-state index >= 15 is 0 Å². The molecule has 1 rings (SSSR count). The van der Waals surface area contributed by atoms with Crippen molar-refractivity contribution in [1.82, 2.24) is 4.98 Å². The van der Waals surface area contributed by atoms with E-state index in [1.54, 1.807) is 0 Å². The lowest BCUT2D eigenvalue weighted by atomic mass is 10.4. The molecule has 96 valence electrons. The summed E-state index contributed by atoms with van der Waals surface area (Å²) in [5.41, 5.74) is 0.399. The quantitative estimate of drug-likeness (QED) is 0.574. The van der Waals surface area contributed by atoms with Crippen molar-refractivity contribution in [2.24, 2.45) is 0 Å². The van der Waals surface area contributed by atoms with Crippen molar-refractivity contribution in [3.63, 3.8) is 0 Å². The van der Waals surface area contributed by atoms with Gasteiger partial charge in [-0.05, 0) is 13.8 Å². The average molecular weight is 258 g/mol. The molecule has 0 bridgehead atoms. The number of esters is 1. The molecule has 5 nitrogen and oxygen atoms in total. The molecular weight excluding hydrogens is 240 g/mol. The molecule has 0 aliphatic rings. The van der Waals surface area contributed by atoms with E-state index < -0.39 is 0 Å². The normalized spacial score (nSPS) is 10.4. The summed E-state index contributed by atoms with van der Waals surface area (Å²) in [4.78, 5) is 18.5. The summed E-state index contributed by atoms with van der Waals surface area (Å²) < 4.78 is 9.95. The van der Waals surface area contributed by atoms with Gasteiger partial charge in [0.15, 0.2) is 10.8 Å². The third-order valence-electron chi connectivity index (χ3n) is 2.27. The van der Waals surface area contributed by atoms with Gasteiger partial charge in [0, 0.05) is 25.1 Å². The van der Waals surface area contributed by atoms with Gasteiger partial charge in [-0.1, -0.05) is 0 Å². The number of nitrogens with zero attached hydrogens (tertiary/aromatic N) is 2. The van der Waals surface area contributed by atoms with Crippen LogP contribution in [0.25, 0.3) is 0 Å². The largest absolute Gasteiger partial charge is 0.464 e. The van der Waals surface area contributed by atoms with Crippen LogP contribution >= 0.6 is 11.3 Å². The van der Waals surface area contributed by atoms with Crippen molar-refractivity contribution >= 4 is 22.4 Å². The molecule has 0 radical (unpaired) electrons. The van der Waals surface area contributed by atoms with Crippen LogP contribution in [0, 0.1) is 6.92 Å². The lowest BCUT2D eigenvalue weighted by molar-refractivity contribution is 0.0594. The van der Waals surface area contributed by atoms with Crippen LogP contribution in [0.3, 0.4) is 0 Å². The van der Waals surface area contributed by atoms with E-state index in [1.165, 1.54) is 18.4 Å². The summed E-state index contributed by atoms with van der Waals surface area (Å²) in [6, 6.07) is 0. The number of methoxy groups -OCH3 is 1. The molecule has 0 amide bonds. The molecule has 0 fully saturated rings. The van der Waals surface area contributed by atoms with Crippen molar-refractivity contribution in [2.75, 3.05) is 38.8 Å². The van der Waals surface area contributed by atoms with Crippen molar-refractivity contribution in [2.45, 2.75) is 13.8 Å². The van der Waals surface area contributed by atoms with Gasteiger partial charge in [0.25, 0.3) is 0 Å². The summed E-state index contributed by atoms with van der Waals surface area (Å²) >= 11 is 1.48. The maximum Gasteiger partial charge on any atom is 0.357 e. The first-order chi connectivity index (χ1) is 8.10. The van der Waals surface area contributed by atoms with Gasteiger partial charge in [0.2, 0.25) is 0 Å². The Kier molecular flexibility index (Phi) is 5.37. The first kappa shape index (κ1) is 13.9. The maximum atomic E-state index is 11.4. The van der Waals surface area contributed by atoms with Gasteiger partial charge < -0.3 is 14.4 Å². The molecule has 0 atom stereocenters. The minimum Gasteiger partial charge on any atom is -0.464 e. The highest BCUT2D eigenvalue weighted by Gasteiger charge is 2.17. The van der Waals surface area contributed by atoms with Crippen LogP contribution < -0.4 is 4.90 Å². The molecule has 17 heavy (non-hydrogen) atoms. The molecule has 0 saturated heterocycles. The Hall–Kier alpha value is -1.14. The van der Waals surface area contributed by atoms with Gasteiger partial charge in [-0.2, -0.15) is 0 Å². The summed E-state index contributed by atoms with van der Waals surface area (Å²) in [5.74, 6) is -0.386. The number of anilines is 1. The summed E-state index contributed by atoms with van der Waals surface area (Å²) in [5, 5.41) is 0.808. The Bertz CT molecular complexity index is 379. The fraction of sp³-hybridized carbons (Fsp3) is 0.636. The Morgan fingerprint density at radius 3 is 2.82 bits per heavy atom. The van der Waals surface area contributed by atoms with E-state index in [9.17, 15) is 4.79 Å². The topological polar surface area (TPSA) is 51.7 Å². The molecule has 1 heterocycles. The number of aryl methyl sites for hydroxylation is 1. The highest BCUT2D eigenvalue weighted by atomic mass is 32.1. The standard InChI is InChI=1S/C11H18N2O3S/c1-5-16-7-6-13(3)11-12-9(8(2)17-11)10(14)15-4/h5-7H2,1-4H3. The molecule has 0 unspecified atom stereocenters. The minimum atomic E-state index is -0.386. The van der Waals surface area contributed by atoms with E-state index in [1.807, 2.05) is 25.8 Å². The summed E-state index contributed by atoms with van der Waals surface area (Å²) in [6.07, 6.45) is 0. The van der Waals surface area contributed by atoms with Gasteiger partial charge >= 0.3 is 5.97 Å². The fourth-order valence-corrected chi connectivity index (χ4v) is 2.16. The summed E-state index contributed by atoms with van der Waals surface area (Å²) in [6.45, 7) is 5.94. The van der Waals surface area contributed by atoms with E-state index in [4.69, 9.17) is 4.74 Å². The minimum absolute atomic E-state index is 0.386. The predicted molar refractivity (Wildman–Crippen MR) is 68.0 cm³/mol. The van der Waals surface area contributed by atoms with Crippen LogP contribution in [0.1, 0.15) is 22.3 Å². The molecule has 0 saturated carbocycles. The number of hydrogen-bond acceptors (Lipinski definition) is 6. The fourth-order valence-electron chi connectivity index (χ4n) is 1.27. The van der Waals surface area contributed by atoms with Gasteiger partial charge in [-0.25, -0.2) is 9.78 Å². The Labute approximate surface area is 105 Å². The highest BCUT2D eigenvalue weighted by Crippen LogP contribution is 2.25. The van der Waals surface area contributed by atoms with Crippen LogP contribution in [0.15, 0.2) is 0 Å². The average Bonchev–Trinajstić information content (AvgIpc) is 2.70. The van der Waals surface area contributed by atoms with E-state index in [-0.39, 0.29) is 5.97 Å². The van der Waals surface area contributed by atoms with Crippen LogP contribution in [0.5, 0.6) is 0 Å². The Morgan fingerprint density at radius 2 is 2.24 bits per heavy atom. The van der Waals surface area contributed by atoms with Gasteiger partial charge in [-0.15, -0.1) is 11.3 Å². The van der Waals surface area contributed by atoms with Crippen molar-refractivity contribution in [3.8, 4) is 0 Å². The second-order valence-corrected chi connectivity index (χ2v) is 4.69. The number of carbonyl (C=O) groups is 1. The van der Waals surface area contributed by atoms with Crippen molar-refractivity contribution in [3.05, 3.63) is 10.6 Å². The maximum absolute atomic E-state index is 11.4. The van der Waals surface area contributed by atoms with Gasteiger partial charge in [0.1, 0.15) is 0 Å². The molecule has 0 aliphatic heterocycles. The lowest BCUT2D eigenvalue weighted by Gasteiger charge is -2.14. The predicted octanol–water partition coefficient (Wildman–Crippen LogP) is 1.71. The van der Waals surface area contributed by atoms with Crippen LogP contribution in [0.2, 0.25) is 0 Å². The number of aromatic nitrogens is 1. The number of rotatable bonds is 6. The molecule has 6 heteroatoms. The zero-order valence-electron chi connectivity index (χ0n) is 10.6. The number of ether oxygens (including phenoxy) is 2. The lowest BCUT2D eigenvalue weighted by Crippen LogP contribution is -2.22. The molecular formula is C11H18N2O3S. The van der Waals surface area contributed by atoms with Gasteiger partial charge in [0.05, 0.1) is 13.7 Å². The second kappa shape index (κ2) is 6.56. The van der Waals surface area contributed by atoms with E-state index in [2.05, 4.69) is 9.72 Å². The molecule has 1 aromatic heterocycles. The summed E-state index contributed by atoms with van der Waals surface area (Å²) in [7, 11) is 3.29. The zero-order chi connectivity index (χ0) is 12.8. The number of carbonyl (C=O) groups excluding carboxylic acids is 1. The van der Waals surface area contributed by atoms with Crippen molar-refractivity contribution in [1.29, 1.82) is 0 Å². The highest BCUT2D eigenvalue weighted by molar-refractivity contribution is 7.15. The number of hydrogen-bond donors (Lipinski definition) is 0. The first-order valence-corrected chi connectivity index (χ1v) is 6.26. The molecule has 0 spiro atoms. The van der Waals surface area contributed by atoms with E-state index in [0.29, 0.717) is 18.9 Å². The monoisotopic (exact) mass is 258 g/mol. The molecule has 0 aliphatic carbocycles. The van der Waals surface area contributed by atoms with Gasteiger partial charge in [-0.3, -0.25) is 0 Å². The van der Waals surface area contributed by atoms with Crippen molar-refractivity contribution < 1.29 is 14.3 Å². The number of thiazole rings is 1. The first-order valence-electron chi connectivity index (χ1n) is 5.44.